The molecule has 0 aliphatic heterocycles. The maximum atomic E-state index is 13.2. The molecule has 0 heterocycles. The summed E-state index contributed by atoms with van der Waals surface area (Å²) in [5, 5.41) is 9.72. The number of benzene rings is 2. The van der Waals surface area contributed by atoms with E-state index in [0.717, 1.165) is 22.4 Å². The summed E-state index contributed by atoms with van der Waals surface area (Å²) >= 11 is 0. The summed E-state index contributed by atoms with van der Waals surface area (Å²) in [5.41, 5.74) is 2.70. The average molecular weight is 418 g/mol. The number of nitrogens with zero attached hydrogens (tertiary/aromatic N) is 1. The average Bonchev–Trinajstić information content (AvgIpc) is 2.69. The Morgan fingerprint density at radius 2 is 1.86 bits per heavy atom. The Labute approximate surface area is 174 Å². The molecular weight excluding hydrogens is 386 g/mol. The van der Waals surface area contributed by atoms with Crippen LogP contribution >= 0.6 is 0 Å². The van der Waals surface area contributed by atoms with Crippen molar-refractivity contribution in [1.82, 2.24) is 4.31 Å². The number of fused-ring (bicyclic) bond motifs is 1. The number of aliphatic hydroxyl groups is 1. The van der Waals surface area contributed by atoms with Crippen LogP contribution in [0.2, 0.25) is 0 Å². The number of methoxy groups -OCH3 is 1. The van der Waals surface area contributed by atoms with Crippen molar-refractivity contribution < 1.29 is 18.3 Å². The van der Waals surface area contributed by atoms with Gasteiger partial charge in [0.05, 0.1) is 12.9 Å². The first-order valence-electron chi connectivity index (χ1n) is 9.98. The topological polar surface area (TPSA) is 66.8 Å². The zero-order valence-corrected chi connectivity index (χ0v) is 18.4. The smallest absolute Gasteiger partial charge is 0.218 e. The van der Waals surface area contributed by atoms with Gasteiger partial charge in [-0.1, -0.05) is 50.2 Å². The van der Waals surface area contributed by atoms with E-state index in [4.69, 9.17) is 4.74 Å². The summed E-state index contributed by atoms with van der Waals surface area (Å²) in [6, 6.07) is 15.1. The molecule has 0 bridgehead atoms. The van der Waals surface area contributed by atoms with Crippen molar-refractivity contribution >= 4 is 10.0 Å². The predicted octanol–water partition coefficient (Wildman–Crippen LogP) is 3.57. The highest BCUT2D eigenvalue weighted by Crippen LogP contribution is 2.49. The lowest BCUT2D eigenvalue weighted by Gasteiger charge is -2.49. The van der Waals surface area contributed by atoms with E-state index in [0.29, 0.717) is 12.8 Å². The molecule has 158 valence electrons. The van der Waals surface area contributed by atoms with Crippen LogP contribution in [0.3, 0.4) is 0 Å². The number of ether oxygens (including phenoxy) is 1. The molecule has 1 N–H and O–H groups in total. The van der Waals surface area contributed by atoms with E-state index in [1.807, 2.05) is 48.5 Å². The van der Waals surface area contributed by atoms with Gasteiger partial charge in [0.15, 0.2) is 0 Å². The highest BCUT2D eigenvalue weighted by atomic mass is 32.2. The molecule has 0 spiro atoms. The molecule has 5 nitrogen and oxygen atoms in total. The summed E-state index contributed by atoms with van der Waals surface area (Å²) < 4.78 is 33.4. The lowest BCUT2D eigenvalue weighted by Crippen LogP contribution is -2.52. The van der Waals surface area contributed by atoms with Crippen molar-refractivity contribution in [3.8, 4) is 5.75 Å². The van der Waals surface area contributed by atoms with E-state index >= 15 is 0 Å². The van der Waals surface area contributed by atoms with Crippen LogP contribution < -0.4 is 4.74 Å². The number of aliphatic hydroxyl groups excluding tert-OH is 1. The number of rotatable bonds is 7. The first-order chi connectivity index (χ1) is 13.7. The second-order valence-electron chi connectivity index (χ2n) is 8.43. The van der Waals surface area contributed by atoms with Crippen molar-refractivity contribution in [2.75, 3.05) is 20.8 Å². The van der Waals surface area contributed by atoms with Gasteiger partial charge in [0, 0.05) is 19.7 Å². The number of likely N-dealkylation sites (N-methyl/N-ethyl adjacent to an activating group) is 1. The molecule has 29 heavy (non-hydrogen) atoms. The molecule has 2 atom stereocenters. The first kappa shape index (κ1) is 21.8. The highest BCUT2D eigenvalue weighted by Gasteiger charge is 2.47. The van der Waals surface area contributed by atoms with Gasteiger partial charge in [-0.15, -0.1) is 0 Å². The molecule has 0 aromatic heterocycles. The number of sulfonamides is 1. The van der Waals surface area contributed by atoms with E-state index in [1.165, 1.54) is 0 Å². The van der Waals surface area contributed by atoms with Crippen LogP contribution in [0, 0.1) is 5.41 Å². The van der Waals surface area contributed by atoms with E-state index < -0.39 is 10.0 Å². The van der Waals surface area contributed by atoms with E-state index in [-0.39, 0.29) is 29.7 Å². The molecule has 0 saturated heterocycles. The quantitative estimate of drug-likeness (QED) is 0.748. The molecule has 0 amide bonds. The lowest BCUT2D eigenvalue weighted by molar-refractivity contribution is 0.108. The van der Waals surface area contributed by atoms with Crippen LogP contribution in [0.1, 0.15) is 42.9 Å². The molecule has 2 aromatic carbocycles. The van der Waals surface area contributed by atoms with Gasteiger partial charge < -0.3 is 9.84 Å². The maximum Gasteiger partial charge on any atom is 0.218 e. The largest absolute Gasteiger partial charge is 0.497 e. The standard InChI is InChI=1S/C23H31NO4S/c1-23(2)21(12-13-25)20-15-19(28-4)11-10-18(20)14-22(23)24(3)29(26,27)16-17-8-6-5-7-9-17/h5-11,15,21-22,25H,12-14,16H2,1-4H3. The predicted molar refractivity (Wildman–Crippen MR) is 116 cm³/mol. The fraction of sp³-hybridized carbons (Fsp3) is 0.478. The van der Waals surface area contributed by atoms with Crippen molar-refractivity contribution in [2.45, 2.75) is 44.4 Å². The second kappa shape index (κ2) is 8.46. The molecule has 3 rings (SSSR count). The lowest BCUT2D eigenvalue weighted by atomic mass is 9.62. The number of hydrogen-bond donors (Lipinski definition) is 1. The van der Waals surface area contributed by atoms with Crippen molar-refractivity contribution in [3.05, 3.63) is 65.2 Å². The van der Waals surface area contributed by atoms with Crippen LogP contribution in [0.4, 0.5) is 0 Å². The Morgan fingerprint density at radius 3 is 2.48 bits per heavy atom. The number of hydrogen-bond acceptors (Lipinski definition) is 4. The van der Waals surface area contributed by atoms with Gasteiger partial charge in [-0.2, -0.15) is 0 Å². The van der Waals surface area contributed by atoms with Gasteiger partial charge in [0.2, 0.25) is 10.0 Å². The van der Waals surface area contributed by atoms with E-state index in [9.17, 15) is 13.5 Å². The van der Waals surface area contributed by atoms with Crippen molar-refractivity contribution in [3.63, 3.8) is 0 Å². The Morgan fingerprint density at radius 1 is 1.17 bits per heavy atom. The normalized spacial score (nSPS) is 21.0. The fourth-order valence-electron chi connectivity index (χ4n) is 4.65. The summed E-state index contributed by atoms with van der Waals surface area (Å²) in [6.45, 7) is 4.27. The SMILES string of the molecule is COc1ccc2c(c1)C(CCO)C(C)(C)C(N(C)S(=O)(=O)Cc1ccccc1)C2. The minimum atomic E-state index is -3.49. The first-order valence-corrected chi connectivity index (χ1v) is 11.6. The molecule has 0 radical (unpaired) electrons. The minimum absolute atomic E-state index is 0.0168. The third-order valence-electron chi connectivity index (χ3n) is 6.39. The van der Waals surface area contributed by atoms with Gasteiger partial charge in [-0.25, -0.2) is 12.7 Å². The minimum Gasteiger partial charge on any atom is -0.497 e. The molecule has 6 heteroatoms. The van der Waals surface area contributed by atoms with Crippen LogP contribution in [-0.2, 0) is 22.2 Å². The molecule has 0 saturated carbocycles. The summed E-state index contributed by atoms with van der Waals surface area (Å²) in [5.74, 6) is 0.800. The van der Waals surface area contributed by atoms with Crippen LogP contribution in [0.25, 0.3) is 0 Å². The molecule has 0 fully saturated rings. The van der Waals surface area contributed by atoms with Gasteiger partial charge in [-0.3, -0.25) is 0 Å². The Kier molecular flexibility index (Phi) is 6.36. The van der Waals surface area contributed by atoms with Gasteiger partial charge in [0.1, 0.15) is 5.75 Å². The zero-order valence-electron chi connectivity index (χ0n) is 17.6. The van der Waals surface area contributed by atoms with Crippen molar-refractivity contribution in [2.24, 2.45) is 5.41 Å². The molecule has 2 aromatic rings. The monoisotopic (exact) mass is 417 g/mol. The van der Waals surface area contributed by atoms with E-state index in [2.05, 4.69) is 13.8 Å². The molecule has 1 aliphatic carbocycles. The Balaban J connectivity index is 1.97. The maximum absolute atomic E-state index is 13.2. The van der Waals surface area contributed by atoms with Crippen LogP contribution in [0.5, 0.6) is 5.75 Å². The van der Waals surface area contributed by atoms with E-state index in [1.54, 1.807) is 18.5 Å². The fourth-order valence-corrected chi connectivity index (χ4v) is 6.20. The van der Waals surface area contributed by atoms with Crippen molar-refractivity contribution in [1.29, 1.82) is 0 Å². The highest BCUT2D eigenvalue weighted by molar-refractivity contribution is 7.88. The third-order valence-corrected chi connectivity index (χ3v) is 8.22. The van der Waals surface area contributed by atoms with Crippen LogP contribution in [0.15, 0.2) is 48.5 Å². The zero-order chi connectivity index (χ0) is 21.2. The second-order valence-corrected chi connectivity index (χ2v) is 10.5. The van der Waals surface area contributed by atoms with Gasteiger partial charge >= 0.3 is 0 Å². The van der Waals surface area contributed by atoms with Gasteiger partial charge in [-0.05, 0) is 53.0 Å². The molecular formula is C23H31NO4S. The third kappa shape index (κ3) is 4.34. The van der Waals surface area contributed by atoms with Crippen LogP contribution in [-0.4, -0.2) is 44.6 Å². The Hall–Kier alpha value is -1.89. The molecule has 2 unspecified atom stereocenters. The Bertz CT molecular complexity index is 941. The van der Waals surface area contributed by atoms with Gasteiger partial charge in [0.25, 0.3) is 0 Å². The summed E-state index contributed by atoms with van der Waals surface area (Å²) in [6.07, 6.45) is 1.22. The molecule has 1 aliphatic rings. The summed E-state index contributed by atoms with van der Waals surface area (Å²) in [7, 11) is -0.160. The summed E-state index contributed by atoms with van der Waals surface area (Å²) in [4.78, 5) is 0.